The zero-order valence-corrected chi connectivity index (χ0v) is 31.9. The number of fused-ring (bicyclic) bond motifs is 14. The standard InChI is InChI=1S/C55H35NS/c1-3-14-36(15-4-1)38-26-30-40(31-27-38)56(41-32-28-39(29-33-41)37-16-5-2-6-17-37)49-24-13-23-47-52(49)42-18-7-10-21-45(42)55(47)46-22-11-8-19-43(46)53-48(55)34-35-51-54(53)44-20-9-12-25-50(44)57-51/h1-35H. The predicted octanol–water partition coefficient (Wildman–Crippen LogP) is 15.2. The van der Waals surface area contributed by atoms with Gasteiger partial charge >= 0.3 is 0 Å². The van der Waals surface area contributed by atoms with Crippen molar-refractivity contribution < 1.29 is 0 Å². The molecule has 0 bridgehead atoms. The van der Waals surface area contributed by atoms with Gasteiger partial charge in [-0.25, -0.2) is 0 Å². The van der Waals surface area contributed by atoms with E-state index in [1.807, 2.05) is 11.3 Å². The van der Waals surface area contributed by atoms with E-state index in [1.165, 1.54) is 92.6 Å². The number of hydrogen-bond acceptors (Lipinski definition) is 2. The fourth-order valence-corrected chi connectivity index (χ4v) is 11.1. The predicted molar refractivity (Wildman–Crippen MR) is 241 cm³/mol. The first-order chi connectivity index (χ1) is 28.3. The van der Waals surface area contributed by atoms with Crippen LogP contribution in [0.4, 0.5) is 17.1 Å². The maximum absolute atomic E-state index is 2.47. The third-order valence-electron chi connectivity index (χ3n) is 12.3. The Labute approximate surface area is 336 Å². The summed E-state index contributed by atoms with van der Waals surface area (Å²) >= 11 is 1.90. The second kappa shape index (κ2) is 12.5. The molecule has 2 aliphatic carbocycles. The molecule has 0 amide bonds. The molecule has 0 aliphatic heterocycles. The van der Waals surface area contributed by atoms with E-state index < -0.39 is 5.41 Å². The average molecular weight is 742 g/mol. The van der Waals surface area contributed by atoms with Gasteiger partial charge < -0.3 is 4.90 Å². The van der Waals surface area contributed by atoms with Gasteiger partial charge in [0.25, 0.3) is 0 Å². The van der Waals surface area contributed by atoms with Gasteiger partial charge in [0.1, 0.15) is 0 Å². The average Bonchev–Trinajstić information content (AvgIpc) is 3.92. The number of anilines is 3. The number of thiophene rings is 1. The van der Waals surface area contributed by atoms with E-state index in [0.717, 1.165) is 11.4 Å². The molecule has 266 valence electrons. The molecule has 12 rings (SSSR count). The van der Waals surface area contributed by atoms with Gasteiger partial charge in [0.15, 0.2) is 0 Å². The van der Waals surface area contributed by atoms with Crippen LogP contribution in [0.5, 0.6) is 0 Å². The highest BCUT2D eigenvalue weighted by molar-refractivity contribution is 7.26. The summed E-state index contributed by atoms with van der Waals surface area (Å²) in [5, 5.41) is 2.71. The van der Waals surface area contributed by atoms with E-state index in [2.05, 4.69) is 217 Å². The highest BCUT2D eigenvalue weighted by Crippen LogP contribution is 2.66. The van der Waals surface area contributed by atoms with E-state index in [1.54, 1.807) is 0 Å². The lowest BCUT2D eigenvalue weighted by molar-refractivity contribution is 0.794. The SMILES string of the molecule is c1ccc(-c2ccc(N(c3ccc(-c4ccccc4)cc3)c3cccc4c3-c3ccccc3C43c4ccccc4-c4c3ccc3sc5ccccc5c43)cc2)cc1. The summed E-state index contributed by atoms with van der Waals surface area (Å²) in [5.74, 6) is 0. The van der Waals surface area contributed by atoms with Crippen molar-refractivity contribution in [2.24, 2.45) is 0 Å². The second-order valence-electron chi connectivity index (χ2n) is 15.2. The van der Waals surface area contributed by atoms with E-state index in [-0.39, 0.29) is 0 Å². The van der Waals surface area contributed by atoms with Crippen LogP contribution in [-0.2, 0) is 5.41 Å². The summed E-state index contributed by atoms with van der Waals surface area (Å²) in [5.41, 5.74) is 18.4. The Kier molecular flexibility index (Phi) is 7.08. The van der Waals surface area contributed by atoms with Crippen LogP contribution in [0.25, 0.3) is 64.7 Å². The van der Waals surface area contributed by atoms with Crippen molar-refractivity contribution >= 4 is 48.6 Å². The number of rotatable bonds is 5. The highest BCUT2D eigenvalue weighted by Gasteiger charge is 2.53. The molecule has 0 radical (unpaired) electrons. The minimum absolute atomic E-state index is 0.467. The molecule has 0 N–H and O–H groups in total. The molecule has 10 aromatic rings. The largest absolute Gasteiger partial charge is 0.310 e. The Balaban J connectivity index is 1.12. The van der Waals surface area contributed by atoms with E-state index in [4.69, 9.17) is 0 Å². The van der Waals surface area contributed by atoms with Crippen molar-refractivity contribution in [2.75, 3.05) is 4.90 Å². The van der Waals surface area contributed by atoms with Gasteiger partial charge in [0.05, 0.1) is 11.1 Å². The van der Waals surface area contributed by atoms with Crippen LogP contribution in [0.2, 0.25) is 0 Å². The summed E-state index contributed by atoms with van der Waals surface area (Å²) in [6.07, 6.45) is 0. The first kappa shape index (κ1) is 32.3. The Bertz CT molecular complexity index is 3080. The summed E-state index contributed by atoms with van der Waals surface area (Å²) in [6.45, 7) is 0. The van der Waals surface area contributed by atoms with Crippen LogP contribution in [0, 0.1) is 0 Å². The third kappa shape index (κ3) is 4.62. The number of nitrogens with zero attached hydrogens (tertiary/aromatic N) is 1. The quantitative estimate of drug-likeness (QED) is 0.170. The second-order valence-corrected chi connectivity index (χ2v) is 16.2. The molecule has 0 fully saturated rings. The van der Waals surface area contributed by atoms with E-state index >= 15 is 0 Å². The first-order valence-corrected chi connectivity index (χ1v) is 20.5. The molecule has 0 saturated carbocycles. The lowest BCUT2D eigenvalue weighted by Crippen LogP contribution is -2.26. The lowest BCUT2D eigenvalue weighted by Gasteiger charge is -2.32. The summed E-state index contributed by atoms with van der Waals surface area (Å²) in [7, 11) is 0. The van der Waals surface area contributed by atoms with E-state index in [0.29, 0.717) is 0 Å². The molecular weight excluding hydrogens is 707 g/mol. The molecule has 1 unspecified atom stereocenters. The van der Waals surface area contributed by atoms with Crippen LogP contribution >= 0.6 is 11.3 Å². The molecule has 57 heavy (non-hydrogen) atoms. The number of hydrogen-bond donors (Lipinski definition) is 0. The van der Waals surface area contributed by atoms with Crippen molar-refractivity contribution in [3.05, 3.63) is 235 Å². The van der Waals surface area contributed by atoms with Crippen molar-refractivity contribution in [1.29, 1.82) is 0 Å². The number of benzene rings is 9. The fraction of sp³-hybridized carbons (Fsp3) is 0.0182. The summed E-state index contributed by atoms with van der Waals surface area (Å²) in [4.78, 5) is 2.47. The monoisotopic (exact) mass is 741 g/mol. The van der Waals surface area contributed by atoms with Crippen LogP contribution in [0.15, 0.2) is 212 Å². The van der Waals surface area contributed by atoms with E-state index in [9.17, 15) is 0 Å². The molecule has 2 aliphatic rings. The Morgan fingerprint density at radius 1 is 0.333 bits per heavy atom. The van der Waals surface area contributed by atoms with Crippen molar-refractivity contribution in [1.82, 2.24) is 0 Å². The molecule has 1 atom stereocenters. The topological polar surface area (TPSA) is 3.24 Å². The van der Waals surface area contributed by atoms with Crippen LogP contribution in [0.3, 0.4) is 0 Å². The third-order valence-corrected chi connectivity index (χ3v) is 13.4. The first-order valence-electron chi connectivity index (χ1n) is 19.7. The smallest absolute Gasteiger partial charge is 0.0726 e. The van der Waals surface area contributed by atoms with Gasteiger partial charge in [0.2, 0.25) is 0 Å². The van der Waals surface area contributed by atoms with Gasteiger partial charge in [-0.2, -0.15) is 0 Å². The normalized spacial score (nSPS) is 14.7. The van der Waals surface area contributed by atoms with Crippen molar-refractivity contribution in [3.63, 3.8) is 0 Å². The van der Waals surface area contributed by atoms with Crippen LogP contribution in [-0.4, -0.2) is 0 Å². The molecule has 0 saturated heterocycles. The summed E-state index contributed by atoms with van der Waals surface area (Å²) in [6, 6.07) is 78.6. The zero-order chi connectivity index (χ0) is 37.5. The molecule has 1 nitrogen and oxygen atoms in total. The summed E-state index contributed by atoms with van der Waals surface area (Å²) < 4.78 is 2.67. The molecule has 9 aromatic carbocycles. The van der Waals surface area contributed by atoms with Gasteiger partial charge in [0, 0.05) is 37.1 Å². The van der Waals surface area contributed by atoms with Gasteiger partial charge in [-0.05, 0) is 104 Å². The van der Waals surface area contributed by atoms with Gasteiger partial charge in [-0.1, -0.05) is 170 Å². The molecule has 1 aromatic heterocycles. The lowest BCUT2D eigenvalue weighted by atomic mass is 9.70. The Morgan fingerprint density at radius 2 is 0.825 bits per heavy atom. The molecular formula is C55H35NS. The zero-order valence-electron chi connectivity index (χ0n) is 31.1. The molecule has 2 heteroatoms. The maximum Gasteiger partial charge on any atom is 0.0726 e. The van der Waals surface area contributed by atoms with Crippen LogP contribution in [0.1, 0.15) is 22.3 Å². The van der Waals surface area contributed by atoms with Crippen molar-refractivity contribution in [2.45, 2.75) is 5.41 Å². The molecule has 1 spiro atoms. The van der Waals surface area contributed by atoms with Crippen LogP contribution < -0.4 is 4.90 Å². The fourth-order valence-electron chi connectivity index (χ4n) is 9.95. The van der Waals surface area contributed by atoms with Crippen molar-refractivity contribution in [3.8, 4) is 44.5 Å². The molecule has 1 heterocycles. The minimum Gasteiger partial charge on any atom is -0.310 e. The maximum atomic E-state index is 2.47. The van der Waals surface area contributed by atoms with Gasteiger partial charge in [-0.3, -0.25) is 0 Å². The minimum atomic E-state index is -0.467. The highest BCUT2D eigenvalue weighted by atomic mass is 32.1. The Morgan fingerprint density at radius 3 is 1.46 bits per heavy atom. The Hall–Kier alpha value is -7.00. The van der Waals surface area contributed by atoms with Gasteiger partial charge in [-0.15, -0.1) is 11.3 Å².